The lowest BCUT2D eigenvalue weighted by Crippen LogP contribution is -2.45. The van der Waals surface area contributed by atoms with Crippen LogP contribution in [0.25, 0.3) is 11.4 Å². The van der Waals surface area contributed by atoms with Crippen LogP contribution in [-0.4, -0.2) is 23.1 Å². The average Bonchev–Trinajstić information content (AvgIpc) is 2.68. The predicted octanol–water partition coefficient (Wildman–Crippen LogP) is 5.87. The van der Waals surface area contributed by atoms with Crippen molar-refractivity contribution in [2.24, 2.45) is 0 Å². The van der Waals surface area contributed by atoms with E-state index in [0.717, 1.165) is 22.8 Å². The van der Waals surface area contributed by atoms with Gasteiger partial charge in [-0.05, 0) is 44.4 Å². The maximum atomic E-state index is 4.97. The Morgan fingerprint density at radius 3 is 2.11 bits per heavy atom. The third-order valence-corrected chi connectivity index (χ3v) is 6.13. The molecular weight excluding hydrogens is 342 g/mol. The van der Waals surface area contributed by atoms with Crippen LogP contribution < -0.4 is 4.90 Å². The summed E-state index contributed by atoms with van der Waals surface area (Å²) in [5.41, 5.74) is 6.04. The fourth-order valence-electron chi connectivity index (χ4n) is 3.93. The van der Waals surface area contributed by atoms with E-state index in [1.807, 2.05) is 18.3 Å². The third-order valence-electron chi connectivity index (χ3n) is 6.13. The standard InChI is InChI=1S/C25H31N3/c1-17-12-8-10-14-21(17)23-26-16-19(3)24(27-23)28(7)20(4)25(5,6)22-15-11-9-13-18(22)2/h8-16,20H,1-7H3. The zero-order valence-corrected chi connectivity index (χ0v) is 18.1. The molecular formula is C25H31N3. The highest BCUT2D eigenvalue weighted by Crippen LogP contribution is 2.34. The molecule has 0 amide bonds. The Bertz CT molecular complexity index is 975. The molecule has 1 unspecified atom stereocenters. The number of hydrogen-bond donors (Lipinski definition) is 0. The summed E-state index contributed by atoms with van der Waals surface area (Å²) in [5.74, 6) is 1.77. The van der Waals surface area contributed by atoms with E-state index in [0.29, 0.717) is 0 Å². The summed E-state index contributed by atoms with van der Waals surface area (Å²) in [6.45, 7) is 13.3. The second kappa shape index (κ2) is 7.75. The maximum Gasteiger partial charge on any atom is 0.161 e. The molecule has 2 aromatic carbocycles. The first-order valence-electron chi connectivity index (χ1n) is 9.92. The van der Waals surface area contributed by atoms with Gasteiger partial charge in [-0.25, -0.2) is 9.97 Å². The van der Waals surface area contributed by atoms with E-state index in [4.69, 9.17) is 4.98 Å². The number of rotatable bonds is 5. The lowest BCUT2D eigenvalue weighted by Gasteiger charge is -2.40. The van der Waals surface area contributed by atoms with E-state index in [1.165, 1.54) is 16.7 Å². The molecule has 0 radical (unpaired) electrons. The number of benzene rings is 2. The highest BCUT2D eigenvalue weighted by Gasteiger charge is 2.33. The van der Waals surface area contributed by atoms with Gasteiger partial charge in [-0.15, -0.1) is 0 Å². The second-order valence-corrected chi connectivity index (χ2v) is 8.34. The lowest BCUT2D eigenvalue weighted by atomic mass is 9.76. The molecule has 0 aliphatic carbocycles. The van der Waals surface area contributed by atoms with Crippen molar-refractivity contribution < 1.29 is 0 Å². The molecule has 1 aromatic heterocycles. The molecule has 0 aliphatic rings. The first-order chi connectivity index (χ1) is 13.2. The van der Waals surface area contributed by atoms with Crippen molar-refractivity contribution in [1.82, 2.24) is 9.97 Å². The summed E-state index contributed by atoms with van der Waals surface area (Å²) in [4.78, 5) is 11.9. The molecule has 28 heavy (non-hydrogen) atoms. The van der Waals surface area contributed by atoms with Gasteiger partial charge in [0.2, 0.25) is 0 Å². The van der Waals surface area contributed by atoms with Gasteiger partial charge in [-0.3, -0.25) is 0 Å². The molecule has 3 nitrogen and oxygen atoms in total. The van der Waals surface area contributed by atoms with Crippen LogP contribution >= 0.6 is 0 Å². The Morgan fingerprint density at radius 1 is 0.857 bits per heavy atom. The van der Waals surface area contributed by atoms with Crippen LogP contribution in [0.2, 0.25) is 0 Å². The van der Waals surface area contributed by atoms with E-state index >= 15 is 0 Å². The lowest BCUT2D eigenvalue weighted by molar-refractivity contribution is 0.415. The average molecular weight is 374 g/mol. The Balaban J connectivity index is 2.00. The van der Waals surface area contributed by atoms with Crippen LogP contribution in [0.1, 0.15) is 43.0 Å². The van der Waals surface area contributed by atoms with Crippen LogP contribution in [0.3, 0.4) is 0 Å². The van der Waals surface area contributed by atoms with Crippen molar-refractivity contribution in [2.45, 2.75) is 53.0 Å². The quantitative estimate of drug-likeness (QED) is 0.560. The third kappa shape index (κ3) is 3.66. The van der Waals surface area contributed by atoms with E-state index < -0.39 is 0 Å². The first-order valence-corrected chi connectivity index (χ1v) is 9.92. The minimum atomic E-state index is -0.0275. The van der Waals surface area contributed by atoms with Crippen molar-refractivity contribution in [1.29, 1.82) is 0 Å². The monoisotopic (exact) mass is 373 g/mol. The maximum absolute atomic E-state index is 4.97. The topological polar surface area (TPSA) is 29.0 Å². The Morgan fingerprint density at radius 2 is 1.46 bits per heavy atom. The Kier molecular flexibility index (Phi) is 5.55. The number of likely N-dealkylation sites (N-methyl/N-ethyl adjacent to an activating group) is 1. The van der Waals surface area contributed by atoms with Gasteiger partial charge < -0.3 is 4.90 Å². The van der Waals surface area contributed by atoms with Gasteiger partial charge in [0.1, 0.15) is 5.82 Å². The SMILES string of the molecule is Cc1ccccc1-c1ncc(C)c(N(C)C(C)C(C)(C)c2ccccc2C)n1. The fraction of sp³-hybridized carbons (Fsp3) is 0.360. The van der Waals surface area contributed by atoms with Crippen molar-refractivity contribution in [3.8, 4) is 11.4 Å². The minimum absolute atomic E-state index is 0.0275. The number of aromatic nitrogens is 2. The van der Waals surface area contributed by atoms with E-state index in [-0.39, 0.29) is 11.5 Å². The number of nitrogens with zero attached hydrogens (tertiary/aromatic N) is 3. The summed E-state index contributed by atoms with van der Waals surface area (Å²) in [6, 6.07) is 17.2. The largest absolute Gasteiger partial charge is 0.356 e. The molecule has 1 atom stereocenters. The predicted molar refractivity (Wildman–Crippen MR) is 119 cm³/mol. The van der Waals surface area contributed by atoms with Gasteiger partial charge in [-0.1, -0.05) is 62.4 Å². The molecule has 0 N–H and O–H groups in total. The van der Waals surface area contributed by atoms with Crippen LogP contribution in [0.5, 0.6) is 0 Å². The minimum Gasteiger partial charge on any atom is -0.356 e. The number of aryl methyl sites for hydroxylation is 3. The number of hydrogen-bond acceptors (Lipinski definition) is 3. The smallest absolute Gasteiger partial charge is 0.161 e. The highest BCUT2D eigenvalue weighted by atomic mass is 15.2. The van der Waals surface area contributed by atoms with Gasteiger partial charge in [0.05, 0.1) is 0 Å². The van der Waals surface area contributed by atoms with E-state index in [9.17, 15) is 0 Å². The van der Waals surface area contributed by atoms with Crippen molar-refractivity contribution in [2.75, 3.05) is 11.9 Å². The summed E-state index contributed by atoms with van der Waals surface area (Å²) < 4.78 is 0. The molecule has 3 rings (SSSR count). The van der Waals surface area contributed by atoms with Crippen molar-refractivity contribution in [3.05, 3.63) is 77.0 Å². The zero-order valence-electron chi connectivity index (χ0n) is 18.1. The first kappa shape index (κ1) is 20.1. The van der Waals surface area contributed by atoms with E-state index in [1.54, 1.807) is 0 Å². The van der Waals surface area contributed by atoms with Gasteiger partial charge in [0, 0.05) is 35.8 Å². The summed E-state index contributed by atoms with van der Waals surface area (Å²) in [7, 11) is 2.14. The molecule has 0 saturated heterocycles. The summed E-state index contributed by atoms with van der Waals surface area (Å²) in [6.07, 6.45) is 1.94. The van der Waals surface area contributed by atoms with Gasteiger partial charge in [0.15, 0.2) is 5.82 Å². The van der Waals surface area contributed by atoms with Gasteiger partial charge >= 0.3 is 0 Å². The van der Waals surface area contributed by atoms with Crippen LogP contribution in [0.15, 0.2) is 54.7 Å². The fourth-order valence-corrected chi connectivity index (χ4v) is 3.93. The molecule has 3 heteroatoms. The molecule has 0 fully saturated rings. The molecule has 0 spiro atoms. The zero-order chi connectivity index (χ0) is 20.5. The van der Waals surface area contributed by atoms with Gasteiger partial charge in [0.25, 0.3) is 0 Å². The molecule has 0 saturated carbocycles. The molecule has 1 heterocycles. The Hall–Kier alpha value is -2.68. The van der Waals surface area contributed by atoms with Gasteiger partial charge in [-0.2, -0.15) is 0 Å². The van der Waals surface area contributed by atoms with Crippen LogP contribution in [0.4, 0.5) is 5.82 Å². The van der Waals surface area contributed by atoms with Crippen LogP contribution in [0, 0.1) is 20.8 Å². The van der Waals surface area contributed by atoms with Crippen molar-refractivity contribution >= 4 is 5.82 Å². The normalized spacial score (nSPS) is 12.7. The molecule has 146 valence electrons. The molecule has 0 bridgehead atoms. The Labute approximate surface area is 169 Å². The molecule has 0 aliphatic heterocycles. The van der Waals surface area contributed by atoms with E-state index in [2.05, 4.69) is 94.9 Å². The number of anilines is 1. The van der Waals surface area contributed by atoms with Crippen LogP contribution in [-0.2, 0) is 5.41 Å². The molecule has 3 aromatic rings. The van der Waals surface area contributed by atoms with Crippen molar-refractivity contribution in [3.63, 3.8) is 0 Å². The highest BCUT2D eigenvalue weighted by molar-refractivity contribution is 5.62. The summed E-state index contributed by atoms with van der Waals surface area (Å²) >= 11 is 0. The summed E-state index contributed by atoms with van der Waals surface area (Å²) in [5, 5.41) is 0. The second-order valence-electron chi connectivity index (χ2n) is 8.34.